The minimum Gasteiger partial charge on any atom is -0.325 e. The van der Waals surface area contributed by atoms with Gasteiger partial charge in [-0.15, -0.1) is 11.3 Å². The molecule has 3 heterocycles. The number of nitrogens with one attached hydrogen (secondary N) is 3. The van der Waals surface area contributed by atoms with Crippen LogP contribution in [0.25, 0.3) is 11.0 Å². The molecule has 0 unspecified atom stereocenters. The van der Waals surface area contributed by atoms with Crippen LogP contribution in [0.2, 0.25) is 0 Å². The van der Waals surface area contributed by atoms with E-state index >= 15 is 0 Å². The summed E-state index contributed by atoms with van der Waals surface area (Å²) < 4.78 is 0. The smallest absolute Gasteiger partial charge is 0.323 e. The average Bonchev–Trinajstić information content (AvgIpc) is 3.33. The van der Waals surface area contributed by atoms with E-state index < -0.39 is 0 Å². The fraction of sp³-hybridized carbons (Fsp3) is 0.182. The maximum Gasteiger partial charge on any atom is 0.323 e. The Balaban J connectivity index is 1.37. The van der Waals surface area contributed by atoms with E-state index in [9.17, 15) is 9.59 Å². The van der Waals surface area contributed by atoms with Gasteiger partial charge in [-0.1, -0.05) is 30.3 Å². The lowest BCUT2D eigenvalue weighted by Crippen LogP contribution is -2.40. The number of hydrogen-bond donors (Lipinski definition) is 3. The number of amides is 1. The summed E-state index contributed by atoms with van der Waals surface area (Å²) in [4.78, 5) is 33.3. The van der Waals surface area contributed by atoms with Gasteiger partial charge < -0.3 is 15.3 Å². The third kappa shape index (κ3) is 3.50. The summed E-state index contributed by atoms with van der Waals surface area (Å²) in [5.41, 5.74) is 4.31. The Bertz CT molecular complexity index is 1220. The molecular formula is C22H20N4O2S. The third-order valence-corrected chi connectivity index (χ3v) is 6.32. The lowest BCUT2D eigenvalue weighted by atomic mass is 9.93. The van der Waals surface area contributed by atoms with Gasteiger partial charge in [-0.25, -0.2) is 4.79 Å². The summed E-state index contributed by atoms with van der Waals surface area (Å²) in [5.74, 6) is -0.0677. The van der Waals surface area contributed by atoms with Crippen LogP contribution in [0.15, 0.2) is 64.8 Å². The largest absolute Gasteiger partial charge is 0.325 e. The molecule has 0 fully saturated rings. The number of hydrogen-bond acceptors (Lipinski definition) is 4. The van der Waals surface area contributed by atoms with E-state index in [2.05, 4.69) is 43.8 Å². The predicted octanol–water partition coefficient (Wildman–Crippen LogP) is 3.50. The van der Waals surface area contributed by atoms with E-state index in [4.69, 9.17) is 0 Å². The highest BCUT2D eigenvalue weighted by Crippen LogP contribution is 2.37. The highest BCUT2D eigenvalue weighted by atomic mass is 32.1. The van der Waals surface area contributed by atoms with Gasteiger partial charge in [-0.3, -0.25) is 9.69 Å². The van der Waals surface area contributed by atoms with Crippen LogP contribution in [0.4, 0.5) is 5.69 Å². The molecule has 1 atom stereocenters. The van der Waals surface area contributed by atoms with Crippen LogP contribution in [0.5, 0.6) is 0 Å². The second kappa shape index (κ2) is 7.35. The van der Waals surface area contributed by atoms with Crippen molar-refractivity contribution in [3.05, 3.63) is 86.5 Å². The summed E-state index contributed by atoms with van der Waals surface area (Å²) in [7, 11) is 0. The Morgan fingerprint density at radius 3 is 2.79 bits per heavy atom. The number of carbonyl (C=O) groups is 1. The van der Waals surface area contributed by atoms with Crippen molar-refractivity contribution >= 4 is 34.0 Å². The molecule has 2 aromatic heterocycles. The van der Waals surface area contributed by atoms with Gasteiger partial charge in [-0.05, 0) is 47.2 Å². The SMILES string of the molecule is O=C(CN1CCc2sccc2[C@H]1c1ccccc1)Nc1ccc2[nH]c(=O)[nH]c2c1. The zero-order valence-corrected chi connectivity index (χ0v) is 16.5. The molecule has 1 aliphatic heterocycles. The Labute approximate surface area is 171 Å². The van der Waals surface area contributed by atoms with E-state index in [-0.39, 0.29) is 17.6 Å². The minimum absolute atomic E-state index is 0.0677. The van der Waals surface area contributed by atoms with Gasteiger partial charge in [0.2, 0.25) is 5.91 Å². The molecule has 7 heteroatoms. The maximum absolute atomic E-state index is 12.8. The molecule has 0 bridgehead atoms. The van der Waals surface area contributed by atoms with Gasteiger partial charge in [-0.2, -0.15) is 0 Å². The minimum atomic E-state index is -0.255. The van der Waals surface area contributed by atoms with E-state index in [0.29, 0.717) is 17.7 Å². The first-order valence-electron chi connectivity index (χ1n) is 9.54. The number of carbonyl (C=O) groups excluding carboxylic acids is 1. The highest BCUT2D eigenvalue weighted by Gasteiger charge is 2.30. The Morgan fingerprint density at radius 1 is 1.10 bits per heavy atom. The molecule has 4 aromatic rings. The van der Waals surface area contributed by atoms with Crippen LogP contribution in [-0.4, -0.2) is 33.9 Å². The van der Waals surface area contributed by atoms with Crippen molar-refractivity contribution in [2.24, 2.45) is 0 Å². The molecule has 3 N–H and O–H groups in total. The molecular weight excluding hydrogens is 384 g/mol. The number of aromatic nitrogens is 2. The Morgan fingerprint density at radius 2 is 1.93 bits per heavy atom. The number of rotatable bonds is 4. The second-order valence-electron chi connectivity index (χ2n) is 7.22. The topological polar surface area (TPSA) is 81.0 Å². The summed E-state index contributed by atoms with van der Waals surface area (Å²) in [6.07, 6.45) is 0.958. The monoisotopic (exact) mass is 404 g/mol. The number of fused-ring (bicyclic) bond motifs is 2. The number of anilines is 1. The predicted molar refractivity (Wildman–Crippen MR) is 115 cm³/mol. The number of benzene rings is 2. The first kappa shape index (κ1) is 17.9. The first-order valence-corrected chi connectivity index (χ1v) is 10.4. The Hall–Kier alpha value is -3.16. The molecule has 2 aromatic carbocycles. The first-order chi connectivity index (χ1) is 14.2. The van der Waals surface area contributed by atoms with Crippen molar-refractivity contribution in [3.63, 3.8) is 0 Å². The normalized spacial score (nSPS) is 16.6. The summed E-state index contributed by atoms with van der Waals surface area (Å²) in [5, 5.41) is 5.10. The maximum atomic E-state index is 12.8. The van der Waals surface area contributed by atoms with Crippen LogP contribution < -0.4 is 11.0 Å². The number of thiophene rings is 1. The van der Waals surface area contributed by atoms with Crippen LogP contribution >= 0.6 is 11.3 Å². The van der Waals surface area contributed by atoms with Gasteiger partial charge in [0.25, 0.3) is 0 Å². The average molecular weight is 404 g/mol. The van der Waals surface area contributed by atoms with Crippen LogP contribution in [0.3, 0.4) is 0 Å². The molecule has 0 aliphatic carbocycles. The second-order valence-corrected chi connectivity index (χ2v) is 8.22. The number of imidazole rings is 1. The van der Waals surface area contributed by atoms with Crippen molar-refractivity contribution < 1.29 is 4.79 Å². The number of aromatic amines is 2. The molecule has 29 heavy (non-hydrogen) atoms. The number of H-pyrrole nitrogens is 2. The molecule has 1 amide bonds. The lowest BCUT2D eigenvalue weighted by molar-refractivity contribution is -0.117. The summed E-state index contributed by atoms with van der Waals surface area (Å²) in [6, 6.07) is 18.0. The summed E-state index contributed by atoms with van der Waals surface area (Å²) in [6.45, 7) is 1.14. The molecule has 0 radical (unpaired) electrons. The molecule has 6 nitrogen and oxygen atoms in total. The molecule has 146 valence electrons. The Kier molecular flexibility index (Phi) is 4.54. The fourth-order valence-electron chi connectivity index (χ4n) is 4.06. The van der Waals surface area contributed by atoms with E-state index in [1.54, 1.807) is 29.5 Å². The van der Waals surface area contributed by atoms with Crippen molar-refractivity contribution in [1.29, 1.82) is 0 Å². The fourth-order valence-corrected chi connectivity index (χ4v) is 4.96. The van der Waals surface area contributed by atoms with Crippen LogP contribution in [-0.2, 0) is 11.2 Å². The zero-order valence-electron chi connectivity index (χ0n) is 15.6. The van der Waals surface area contributed by atoms with Gasteiger partial charge in [0.15, 0.2) is 0 Å². The van der Waals surface area contributed by atoms with Crippen molar-refractivity contribution in [1.82, 2.24) is 14.9 Å². The van der Waals surface area contributed by atoms with E-state index in [0.717, 1.165) is 18.5 Å². The van der Waals surface area contributed by atoms with Gasteiger partial charge >= 0.3 is 5.69 Å². The van der Waals surface area contributed by atoms with Crippen LogP contribution in [0, 0.1) is 0 Å². The summed E-state index contributed by atoms with van der Waals surface area (Å²) >= 11 is 1.79. The molecule has 1 aliphatic rings. The van der Waals surface area contributed by atoms with Gasteiger partial charge in [0, 0.05) is 17.1 Å². The van der Waals surface area contributed by atoms with E-state index in [1.807, 2.05) is 18.2 Å². The lowest BCUT2D eigenvalue weighted by Gasteiger charge is -2.35. The molecule has 0 saturated carbocycles. The zero-order chi connectivity index (χ0) is 19.8. The van der Waals surface area contributed by atoms with Crippen molar-refractivity contribution in [2.75, 3.05) is 18.4 Å². The highest BCUT2D eigenvalue weighted by molar-refractivity contribution is 7.10. The van der Waals surface area contributed by atoms with Gasteiger partial charge in [0.1, 0.15) is 0 Å². The van der Waals surface area contributed by atoms with Crippen molar-refractivity contribution in [2.45, 2.75) is 12.5 Å². The van der Waals surface area contributed by atoms with Crippen molar-refractivity contribution in [3.8, 4) is 0 Å². The molecule has 0 saturated heterocycles. The number of nitrogens with zero attached hydrogens (tertiary/aromatic N) is 1. The molecule has 5 rings (SSSR count). The molecule has 0 spiro atoms. The quantitative estimate of drug-likeness (QED) is 0.487. The van der Waals surface area contributed by atoms with Gasteiger partial charge in [0.05, 0.1) is 23.6 Å². The standard InChI is InChI=1S/C22H20N4O2S/c27-20(23-15-6-7-17-18(12-15)25-22(28)24-17)13-26-10-8-19-16(9-11-29-19)21(26)14-4-2-1-3-5-14/h1-7,9,11-12,21H,8,10,13H2,(H,23,27)(H2,24,25,28)/t21-/m1/s1. The van der Waals surface area contributed by atoms with Crippen LogP contribution in [0.1, 0.15) is 22.0 Å². The van der Waals surface area contributed by atoms with E-state index in [1.165, 1.54) is 16.0 Å². The third-order valence-electron chi connectivity index (χ3n) is 5.33.